The molecule has 2 fully saturated rings. The smallest absolute Gasteiger partial charge is 0.272 e. The summed E-state index contributed by atoms with van der Waals surface area (Å²) in [6, 6.07) is 2.93. The van der Waals surface area contributed by atoms with Crippen LogP contribution in [0.1, 0.15) is 16.9 Å². The zero-order valence-corrected chi connectivity index (χ0v) is 13.9. The molecule has 0 saturated carbocycles. The summed E-state index contributed by atoms with van der Waals surface area (Å²) in [6.45, 7) is 2.59. The molecule has 0 spiro atoms. The number of rotatable bonds is 4. The van der Waals surface area contributed by atoms with Crippen LogP contribution in [0, 0.1) is 0 Å². The van der Waals surface area contributed by atoms with Crippen LogP contribution in [-0.2, 0) is 14.6 Å². The number of carbonyl (C=O) groups excluding carboxylic acids is 2. The summed E-state index contributed by atoms with van der Waals surface area (Å²) >= 11 is 0. The Hall–Kier alpha value is -2.23. The summed E-state index contributed by atoms with van der Waals surface area (Å²) in [5.41, 5.74) is 0.162. The van der Waals surface area contributed by atoms with Gasteiger partial charge < -0.3 is 15.1 Å². The lowest BCUT2D eigenvalue weighted by Crippen LogP contribution is -2.46. The van der Waals surface area contributed by atoms with Crippen LogP contribution in [-0.4, -0.2) is 79.6 Å². The van der Waals surface area contributed by atoms with Gasteiger partial charge in [-0.05, 0) is 18.6 Å². The van der Waals surface area contributed by atoms with Gasteiger partial charge in [0.05, 0.1) is 11.5 Å². The van der Waals surface area contributed by atoms with Gasteiger partial charge in [0.2, 0.25) is 6.41 Å². The lowest BCUT2D eigenvalue weighted by atomic mass is 10.2. The molecule has 1 aromatic rings. The highest BCUT2D eigenvalue weighted by atomic mass is 32.2. The fourth-order valence-electron chi connectivity index (χ4n) is 2.84. The largest absolute Gasteiger partial charge is 0.352 e. The molecule has 0 bridgehead atoms. The second-order valence-electron chi connectivity index (χ2n) is 5.98. The second kappa shape index (κ2) is 6.71. The molecule has 10 heteroatoms. The van der Waals surface area contributed by atoms with Crippen molar-refractivity contribution in [2.75, 3.05) is 42.6 Å². The summed E-state index contributed by atoms with van der Waals surface area (Å²) in [7, 11) is -3.04. The van der Waals surface area contributed by atoms with Gasteiger partial charge in [0.1, 0.15) is 0 Å². The van der Waals surface area contributed by atoms with Crippen LogP contribution in [0.15, 0.2) is 12.1 Å². The van der Waals surface area contributed by atoms with Crippen molar-refractivity contribution in [2.45, 2.75) is 12.5 Å². The molecule has 2 saturated heterocycles. The number of hydrogen-bond acceptors (Lipinski definition) is 7. The van der Waals surface area contributed by atoms with Crippen molar-refractivity contribution in [2.24, 2.45) is 0 Å². The van der Waals surface area contributed by atoms with Gasteiger partial charge in [-0.2, -0.15) is 0 Å². The highest BCUT2D eigenvalue weighted by molar-refractivity contribution is 7.91. The Kier molecular flexibility index (Phi) is 4.65. The van der Waals surface area contributed by atoms with Gasteiger partial charge >= 0.3 is 0 Å². The van der Waals surface area contributed by atoms with Gasteiger partial charge in [0.25, 0.3) is 5.91 Å². The molecule has 130 valence electrons. The highest BCUT2D eigenvalue weighted by Gasteiger charge is 2.29. The Bertz CT molecular complexity index is 713. The van der Waals surface area contributed by atoms with Crippen LogP contribution in [0.25, 0.3) is 0 Å². The number of nitrogens with zero attached hydrogens (tertiary/aromatic N) is 4. The molecule has 1 atom stereocenters. The zero-order chi connectivity index (χ0) is 17.2. The van der Waals surface area contributed by atoms with Gasteiger partial charge in [-0.3, -0.25) is 9.59 Å². The van der Waals surface area contributed by atoms with Gasteiger partial charge in [0.15, 0.2) is 21.3 Å². The first kappa shape index (κ1) is 16.6. The molecule has 3 heterocycles. The minimum Gasteiger partial charge on any atom is -0.352 e. The van der Waals surface area contributed by atoms with Gasteiger partial charge in [0, 0.05) is 32.2 Å². The Balaban J connectivity index is 1.58. The van der Waals surface area contributed by atoms with E-state index in [2.05, 4.69) is 15.5 Å². The number of sulfone groups is 1. The standard InChI is InChI=1S/C14H19N5O4S/c20-10-18-4-6-19(7-5-18)13-2-1-12(16-17-13)14(21)15-11-3-8-24(22,23)9-11/h1-2,10-11H,3-9H2,(H,15,21). The molecule has 0 aromatic carbocycles. The van der Waals surface area contributed by atoms with Crippen molar-refractivity contribution in [1.29, 1.82) is 0 Å². The SMILES string of the molecule is O=CN1CCN(c2ccc(C(=O)NC3CCS(=O)(=O)C3)nn2)CC1. The molecule has 3 rings (SSSR count). The molecule has 24 heavy (non-hydrogen) atoms. The van der Waals surface area contributed by atoms with Crippen LogP contribution < -0.4 is 10.2 Å². The fraction of sp³-hybridized carbons (Fsp3) is 0.571. The number of anilines is 1. The van der Waals surface area contributed by atoms with Crippen LogP contribution in [0.3, 0.4) is 0 Å². The van der Waals surface area contributed by atoms with E-state index in [0.29, 0.717) is 38.4 Å². The number of hydrogen-bond donors (Lipinski definition) is 1. The van der Waals surface area contributed by atoms with Crippen LogP contribution in [0.4, 0.5) is 5.82 Å². The number of piperazine rings is 1. The Labute approximate surface area is 139 Å². The molecule has 2 aliphatic heterocycles. The Morgan fingerprint density at radius 1 is 1.21 bits per heavy atom. The molecular weight excluding hydrogens is 334 g/mol. The predicted molar refractivity (Wildman–Crippen MR) is 86.4 cm³/mol. The van der Waals surface area contributed by atoms with Crippen molar-refractivity contribution in [3.63, 3.8) is 0 Å². The van der Waals surface area contributed by atoms with Gasteiger partial charge in [-0.1, -0.05) is 0 Å². The average Bonchev–Trinajstić information content (AvgIpc) is 2.93. The molecule has 0 aliphatic carbocycles. The maximum absolute atomic E-state index is 12.1. The molecule has 1 unspecified atom stereocenters. The lowest BCUT2D eigenvalue weighted by Gasteiger charge is -2.32. The number of amides is 2. The Morgan fingerprint density at radius 2 is 1.96 bits per heavy atom. The fourth-order valence-corrected chi connectivity index (χ4v) is 4.51. The van der Waals surface area contributed by atoms with E-state index in [0.717, 1.165) is 6.41 Å². The minimum absolute atomic E-state index is 0.0226. The molecule has 1 aromatic heterocycles. The normalized spacial score (nSPS) is 23.1. The van der Waals surface area contributed by atoms with Crippen LogP contribution in [0.5, 0.6) is 0 Å². The highest BCUT2D eigenvalue weighted by Crippen LogP contribution is 2.14. The summed E-state index contributed by atoms with van der Waals surface area (Å²) in [4.78, 5) is 26.5. The molecule has 9 nitrogen and oxygen atoms in total. The quantitative estimate of drug-likeness (QED) is 0.668. The monoisotopic (exact) mass is 353 g/mol. The third kappa shape index (κ3) is 3.81. The maximum Gasteiger partial charge on any atom is 0.272 e. The summed E-state index contributed by atoms with van der Waals surface area (Å²) in [5.74, 6) is 0.322. The first-order valence-corrected chi connectivity index (χ1v) is 9.58. The van der Waals surface area contributed by atoms with Crippen molar-refractivity contribution < 1.29 is 18.0 Å². The average molecular weight is 353 g/mol. The summed E-state index contributed by atoms with van der Waals surface area (Å²) in [6.07, 6.45) is 1.26. The van der Waals surface area contributed by atoms with E-state index < -0.39 is 15.7 Å². The maximum atomic E-state index is 12.1. The predicted octanol–water partition coefficient (Wildman–Crippen LogP) is -1.33. The molecule has 1 N–H and O–H groups in total. The van der Waals surface area contributed by atoms with E-state index in [-0.39, 0.29) is 23.2 Å². The van der Waals surface area contributed by atoms with E-state index in [1.807, 2.05) is 4.90 Å². The zero-order valence-electron chi connectivity index (χ0n) is 13.1. The van der Waals surface area contributed by atoms with Crippen molar-refractivity contribution in [3.05, 3.63) is 17.8 Å². The number of carbonyl (C=O) groups is 2. The molecular formula is C14H19N5O4S. The van der Waals surface area contributed by atoms with E-state index >= 15 is 0 Å². The van der Waals surface area contributed by atoms with Gasteiger partial charge in [-0.15, -0.1) is 10.2 Å². The van der Waals surface area contributed by atoms with E-state index in [9.17, 15) is 18.0 Å². The first-order valence-electron chi connectivity index (χ1n) is 7.76. The van der Waals surface area contributed by atoms with Crippen LogP contribution >= 0.6 is 0 Å². The van der Waals surface area contributed by atoms with E-state index in [1.165, 1.54) is 0 Å². The molecule has 0 radical (unpaired) electrons. The number of aromatic nitrogens is 2. The second-order valence-corrected chi connectivity index (χ2v) is 8.21. The third-order valence-corrected chi connectivity index (χ3v) is 6.01. The number of nitrogens with one attached hydrogen (secondary N) is 1. The van der Waals surface area contributed by atoms with Crippen molar-refractivity contribution in [3.8, 4) is 0 Å². The van der Waals surface area contributed by atoms with E-state index in [1.54, 1.807) is 17.0 Å². The lowest BCUT2D eigenvalue weighted by molar-refractivity contribution is -0.118. The Morgan fingerprint density at radius 3 is 2.50 bits per heavy atom. The van der Waals surface area contributed by atoms with Gasteiger partial charge in [-0.25, -0.2) is 8.42 Å². The first-order chi connectivity index (χ1) is 11.5. The van der Waals surface area contributed by atoms with Crippen LogP contribution in [0.2, 0.25) is 0 Å². The van der Waals surface area contributed by atoms with E-state index in [4.69, 9.17) is 0 Å². The van der Waals surface area contributed by atoms with Crippen molar-refractivity contribution >= 4 is 28.0 Å². The summed E-state index contributed by atoms with van der Waals surface area (Å²) in [5, 5.41) is 10.7. The van der Waals surface area contributed by atoms with Crippen molar-refractivity contribution in [1.82, 2.24) is 20.4 Å². The minimum atomic E-state index is -3.04. The summed E-state index contributed by atoms with van der Waals surface area (Å²) < 4.78 is 22.8. The topological polar surface area (TPSA) is 113 Å². The third-order valence-electron chi connectivity index (χ3n) is 4.24. The molecule has 2 amide bonds. The molecule has 2 aliphatic rings.